The molecule has 1 N–H and O–H groups in total. The van der Waals surface area contributed by atoms with Gasteiger partial charge in [0.05, 0.1) is 0 Å². The van der Waals surface area contributed by atoms with Crippen LogP contribution in [0.5, 0.6) is 5.75 Å². The van der Waals surface area contributed by atoms with Gasteiger partial charge in [0.2, 0.25) is 0 Å². The van der Waals surface area contributed by atoms with Crippen LogP contribution in [0.25, 0.3) is 6.08 Å². The van der Waals surface area contributed by atoms with Gasteiger partial charge in [0.15, 0.2) is 5.11 Å². The van der Waals surface area contributed by atoms with Gasteiger partial charge >= 0.3 is 0 Å². The minimum atomic E-state index is -0.0758. The molecule has 1 heterocycles. The minimum Gasteiger partial charge on any atom is -0.489 e. The van der Waals surface area contributed by atoms with Crippen molar-refractivity contribution in [2.24, 2.45) is 5.92 Å². The monoisotopic (exact) mass is 366 g/mol. The van der Waals surface area contributed by atoms with E-state index in [0.717, 1.165) is 16.9 Å². The van der Waals surface area contributed by atoms with Gasteiger partial charge in [-0.2, -0.15) is 0 Å². The third-order valence-electron chi connectivity index (χ3n) is 3.95. The number of nitrogens with zero attached hydrogens (tertiary/aromatic N) is 1. The summed E-state index contributed by atoms with van der Waals surface area (Å²) in [6.45, 7) is 5.27. The van der Waals surface area contributed by atoms with Crippen LogP contribution in [0.15, 0.2) is 60.3 Å². The molecule has 0 bridgehead atoms. The largest absolute Gasteiger partial charge is 0.489 e. The fraction of sp³-hybridized carbons (Fsp3) is 0.238. The van der Waals surface area contributed by atoms with E-state index in [2.05, 4.69) is 19.2 Å². The summed E-state index contributed by atoms with van der Waals surface area (Å²) in [7, 11) is 0. The molecular formula is C21H22N2O2S. The topological polar surface area (TPSA) is 41.6 Å². The number of amides is 1. The van der Waals surface area contributed by atoms with E-state index in [1.54, 1.807) is 4.90 Å². The molecule has 1 fully saturated rings. The van der Waals surface area contributed by atoms with Crippen LogP contribution in [0.1, 0.15) is 25.0 Å². The molecule has 1 aliphatic heterocycles. The van der Waals surface area contributed by atoms with Crippen LogP contribution in [0.2, 0.25) is 0 Å². The van der Waals surface area contributed by atoms with Crippen molar-refractivity contribution in [1.29, 1.82) is 0 Å². The molecule has 5 heteroatoms. The summed E-state index contributed by atoms with van der Waals surface area (Å²) < 4.78 is 5.78. The van der Waals surface area contributed by atoms with E-state index in [9.17, 15) is 4.79 Å². The molecule has 0 aromatic heterocycles. The molecule has 26 heavy (non-hydrogen) atoms. The summed E-state index contributed by atoms with van der Waals surface area (Å²) >= 11 is 5.26. The summed E-state index contributed by atoms with van der Waals surface area (Å²) in [6.07, 6.45) is 1.82. The molecular weight excluding hydrogens is 344 g/mol. The lowest BCUT2D eigenvalue weighted by Crippen LogP contribution is -2.33. The van der Waals surface area contributed by atoms with Gasteiger partial charge in [-0.05, 0) is 47.5 Å². The van der Waals surface area contributed by atoms with Gasteiger partial charge in [-0.15, -0.1) is 0 Å². The van der Waals surface area contributed by atoms with Crippen molar-refractivity contribution in [3.05, 3.63) is 71.4 Å². The number of carbonyl (C=O) groups excluding carboxylic acids is 1. The van der Waals surface area contributed by atoms with Crippen LogP contribution in [0.3, 0.4) is 0 Å². The maximum Gasteiger partial charge on any atom is 0.276 e. The van der Waals surface area contributed by atoms with Crippen LogP contribution >= 0.6 is 12.2 Å². The number of hydrogen-bond acceptors (Lipinski definition) is 3. The highest BCUT2D eigenvalue weighted by molar-refractivity contribution is 7.80. The van der Waals surface area contributed by atoms with Crippen molar-refractivity contribution < 1.29 is 9.53 Å². The molecule has 0 atom stereocenters. The molecule has 1 saturated heterocycles. The lowest BCUT2D eigenvalue weighted by molar-refractivity contribution is -0.122. The molecule has 0 aliphatic carbocycles. The Hall–Kier alpha value is -2.66. The Morgan fingerprint density at radius 2 is 1.81 bits per heavy atom. The Bertz CT molecular complexity index is 814. The smallest absolute Gasteiger partial charge is 0.276 e. The highest BCUT2D eigenvalue weighted by Gasteiger charge is 2.30. The summed E-state index contributed by atoms with van der Waals surface area (Å²) in [5.74, 6) is 1.07. The van der Waals surface area contributed by atoms with Gasteiger partial charge in [0, 0.05) is 6.54 Å². The summed E-state index contributed by atoms with van der Waals surface area (Å²) in [4.78, 5) is 14.1. The predicted octanol–water partition coefficient (Wildman–Crippen LogP) is 3.98. The number of thiocarbonyl (C=S) groups is 1. The number of nitrogens with one attached hydrogen (secondary N) is 1. The molecule has 4 nitrogen and oxygen atoms in total. The van der Waals surface area contributed by atoms with Crippen LogP contribution < -0.4 is 10.1 Å². The first-order chi connectivity index (χ1) is 12.5. The van der Waals surface area contributed by atoms with Crippen molar-refractivity contribution in [3.8, 4) is 5.75 Å². The van der Waals surface area contributed by atoms with Gasteiger partial charge in [-0.25, -0.2) is 0 Å². The van der Waals surface area contributed by atoms with Crippen molar-refractivity contribution in [1.82, 2.24) is 10.2 Å². The minimum absolute atomic E-state index is 0.0758. The SMILES string of the molecule is CC(C)CN1C(=O)/C(=C\c2ccc(OCc3ccccc3)cc2)NC1=S. The molecule has 2 aromatic carbocycles. The van der Waals surface area contributed by atoms with Crippen LogP contribution in [-0.2, 0) is 11.4 Å². The van der Waals surface area contributed by atoms with Crippen LogP contribution in [0, 0.1) is 5.92 Å². The van der Waals surface area contributed by atoms with E-state index >= 15 is 0 Å². The zero-order chi connectivity index (χ0) is 18.5. The quantitative estimate of drug-likeness (QED) is 0.620. The van der Waals surface area contributed by atoms with Crippen LogP contribution in [0.4, 0.5) is 0 Å². The highest BCUT2D eigenvalue weighted by atomic mass is 32.1. The van der Waals surface area contributed by atoms with Crippen LogP contribution in [-0.4, -0.2) is 22.5 Å². The summed E-state index contributed by atoms with van der Waals surface area (Å²) in [5.41, 5.74) is 2.55. The molecule has 134 valence electrons. The highest BCUT2D eigenvalue weighted by Crippen LogP contribution is 2.19. The molecule has 0 spiro atoms. The first kappa shape index (κ1) is 18.1. The Morgan fingerprint density at radius 3 is 2.46 bits per heavy atom. The molecule has 1 amide bonds. The second-order valence-electron chi connectivity index (χ2n) is 6.64. The fourth-order valence-corrected chi connectivity index (χ4v) is 2.94. The summed E-state index contributed by atoms with van der Waals surface area (Å²) in [6, 6.07) is 17.7. The van der Waals surface area contributed by atoms with Crippen molar-refractivity contribution in [2.45, 2.75) is 20.5 Å². The van der Waals surface area contributed by atoms with Crippen molar-refractivity contribution in [3.63, 3.8) is 0 Å². The van der Waals surface area contributed by atoms with Gasteiger partial charge < -0.3 is 10.1 Å². The summed E-state index contributed by atoms with van der Waals surface area (Å²) in [5, 5.41) is 3.48. The first-order valence-corrected chi connectivity index (χ1v) is 9.05. The maximum atomic E-state index is 12.5. The van der Waals surface area contributed by atoms with E-state index in [-0.39, 0.29) is 5.91 Å². The third kappa shape index (κ3) is 4.49. The third-order valence-corrected chi connectivity index (χ3v) is 4.27. The second-order valence-corrected chi connectivity index (χ2v) is 7.03. The average Bonchev–Trinajstić information content (AvgIpc) is 2.89. The Labute approximate surface area is 159 Å². The predicted molar refractivity (Wildman–Crippen MR) is 107 cm³/mol. The molecule has 1 aliphatic rings. The lowest BCUT2D eigenvalue weighted by Gasteiger charge is -2.15. The van der Waals surface area contributed by atoms with Gasteiger partial charge in [-0.3, -0.25) is 9.69 Å². The number of rotatable bonds is 6. The molecule has 2 aromatic rings. The van der Waals surface area contributed by atoms with Gasteiger partial charge in [-0.1, -0.05) is 56.3 Å². The zero-order valence-corrected chi connectivity index (χ0v) is 15.8. The first-order valence-electron chi connectivity index (χ1n) is 8.64. The zero-order valence-electron chi connectivity index (χ0n) is 14.9. The molecule has 3 rings (SSSR count). The Kier molecular flexibility index (Phi) is 5.68. The molecule has 0 unspecified atom stereocenters. The standard InChI is InChI=1S/C21H22N2O2S/c1-15(2)13-23-20(24)19(22-21(23)26)12-16-8-10-18(11-9-16)25-14-17-6-4-3-5-7-17/h3-12,15H,13-14H2,1-2H3,(H,22,26)/b19-12+. The average molecular weight is 366 g/mol. The Morgan fingerprint density at radius 1 is 1.12 bits per heavy atom. The van der Waals surface area contributed by atoms with E-state index in [4.69, 9.17) is 17.0 Å². The number of ether oxygens (including phenoxy) is 1. The maximum absolute atomic E-state index is 12.5. The number of benzene rings is 2. The van der Waals surface area contributed by atoms with E-state index in [0.29, 0.717) is 29.9 Å². The Balaban J connectivity index is 1.64. The number of carbonyl (C=O) groups is 1. The second kappa shape index (κ2) is 8.15. The van der Waals surface area contributed by atoms with Gasteiger partial charge in [0.25, 0.3) is 5.91 Å². The molecule has 0 saturated carbocycles. The fourth-order valence-electron chi connectivity index (χ4n) is 2.67. The van der Waals surface area contributed by atoms with E-state index in [1.165, 1.54) is 0 Å². The van der Waals surface area contributed by atoms with Gasteiger partial charge in [0.1, 0.15) is 18.1 Å². The number of hydrogen-bond donors (Lipinski definition) is 1. The van der Waals surface area contributed by atoms with Crippen molar-refractivity contribution in [2.75, 3.05) is 6.54 Å². The normalized spacial score (nSPS) is 15.7. The van der Waals surface area contributed by atoms with E-state index < -0.39 is 0 Å². The van der Waals surface area contributed by atoms with E-state index in [1.807, 2.05) is 60.7 Å². The molecule has 0 radical (unpaired) electrons. The van der Waals surface area contributed by atoms with Crippen molar-refractivity contribution >= 4 is 29.3 Å². The lowest BCUT2D eigenvalue weighted by atomic mass is 10.1.